The van der Waals surface area contributed by atoms with E-state index in [1.165, 1.54) is 0 Å². The van der Waals surface area contributed by atoms with Crippen LogP contribution in [0.3, 0.4) is 0 Å². The molecule has 1 aromatic rings. The molecule has 1 aliphatic heterocycles. The zero-order chi connectivity index (χ0) is 9.26. The number of carbonyl (C=O) groups excluding carboxylic acids is 1. The predicted octanol–water partition coefficient (Wildman–Crippen LogP) is -0.0132. The molecule has 0 bridgehead atoms. The number of carbonyl (C=O) groups is 1. The van der Waals surface area contributed by atoms with E-state index in [4.69, 9.17) is 5.73 Å². The number of amides is 1. The van der Waals surface area contributed by atoms with Crippen molar-refractivity contribution >= 4 is 11.6 Å². The zero-order valence-electron chi connectivity index (χ0n) is 7.08. The summed E-state index contributed by atoms with van der Waals surface area (Å²) in [4.78, 5) is 10.9. The Morgan fingerprint density at radius 3 is 2.54 bits per heavy atom. The summed E-state index contributed by atoms with van der Waals surface area (Å²) < 4.78 is 0. The van der Waals surface area contributed by atoms with Gasteiger partial charge in [-0.3, -0.25) is 10.1 Å². The molecule has 68 valence electrons. The number of nitrogens with two attached hydrogens (primary N) is 1. The van der Waals surface area contributed by atoms with Crippen molar-refractivity contribution < 1.29 is 4.79 Å². The summed E-state index contributed by atoms with van der Waals surface area (Å²) in [5, 5.41) is 5.84. The second-order valence-electron chi connectivity index (χ2n) is 3.05. The number of nitrogens with one attached hydrogen (secondary N) is 2. The molecular weight excluding hydrogens is 166 g/mol. The van der Waals surface area contributed by atoms with Crippen LogP contribution in [0.4, 0.5) is 5.69 Å². The van der Waals surface area contributed by atoms with Crippen LogP contribution >= 0.6 is 0 Å². The van der Waals surface area contributed by atoms with E-state index in [-0.39, 0.29) is 12.1 Å². The quantitative estimate of drug-likeness (QED) is 0.528. The maximum atomic E-state index is 10.9. The normalized spacial score (nSPS) is 21.5. The lowest BCUT2D eigenvalue weighted by atomic mass is 10.1. The molecule has 4 heteroatoms. The minimum absolute atomic E-state index is 0.0295. The van der Waals surface area contributed by atoms with Crippen molar-refractivity contribution in [3.8, 4) is 0 Å². The first-order chi connectivity index (χ1) is 6.25. The van der Waals surface area contributed by atoms with E-state index in [0.29, 0.717) is 6.54 Å². The molecule has 0 saturated carbocycles. The molecule has 1 amide bonds. The highest BCUT2D eigenvalue weighted by Gasteiger charge is 2.20. The van der Waals surface area contributed by atoms with Crippen LogP contribution in [0, 0.1) is 0 Å². The number of benzene rings is 1. The van der Waals surface area contributed by atoms with Gasteiger partial charge in [0.1, 0.15) is 6.17 Å². The first kappa shape index (κ1) is 8.07. The number of anilines is 1. The van der Waals surface area contributed by atoms with Crippen molar-refractivity contribution in [2.45, 2.75) is 6.17 Å². The molecule has 1 unspecified atom stereocenters. The second-order valence-corrected chi connectivity index (χ2v) is 3.05. The van der Waals surface area contributed by atoms with Crippen molar-refractivity contribution in [3.63, 3.8) is 0 Å². The van der Waals surface area contributed by atoms with Gasteiger partial charge in [0.15, 0.2) is 0 Å². The van der Waals surface area contributed by atoms with E-state index in [1.807, 2.05) is 24.3 Å². The van der Waals surface area contributed by atoms with Crippen LogP contribution in [0.2, 0.25) is 0 Å². The Hall–Kier alpha value is -1.55. The standard InChI is InChI=1S/C9H11N3O/c10-7-3-1-6(2-4-7)9-11-5-8(13)12-9/h1-4,9,11H,5,10H2,(H,12,13). The SMILES string of the molecule is Nc1ccc(C2NCC(=O)N2)cc1. The molecule has 0 radical (unpaired) electrons. The van der Waals surface area contributed by atoms with Gasteiger partial charge in [-0.25, -0.2) is 0 Å². The fourth-order valence-electron chi connectivity index (χ4n) is 1.35. The topological polar surface area (TPSA) is 67.1 Å². The first-order valence-corrected chi connectivity index (χ1v) is 4.14. The van der Waals surface area contributed by atoms with Crippen LogP contribution in [-0.2, 0) is 4.79 Å². The molecule has 1 aliphatic rings. The lowest BCUT2D eigenvalue weighted by molar-refractivity contribution is -0.118. The molecule has 1 heterocycles. The van der Waals surface area contributed by atoms with Gasteiger partial charge in [0.25, 0.3) is 0 Å². The molecule has 2 rings (SSSR count). The zero-order valence-corrected chi connectivity index (χ0v) is 7.08. The Bertz CT molecular complexity index is 320. The predicted molar refractivity (Wildman–Crippen MR) is 49.7 cm³/mol. The van der Waals surface area contributed by atoms with Gasteiger partial charge in [0.2, 0.25) is 5.91 Å². The van der Waals surface area contributed by atoms with Gasteiger partial charge in [-0.2, -0.15) is 0 Å². The molecular formula is C9H11N3O. The summed E-state index contributed by atoms with van der Waals surface area (Å²) in [5.41, 5.74) is 7.30. The average molecular weight is 177 g/mol. The Morgan fingerprint density at radius 2 is 2.00 bits per heavy atom. The molecule has 13 heavy (non-hydrogen) atoms. The maximum absolute atomic E-state index is 10.9. The lowest BCUT2D eigenvalue weighted by Crippen LogP contribution is -2.22. The van der Waals surface area contributed by atoms with E-state index in [2.05, 4.69) is 10.6 Å². The van der Waals surface area contributed by atoms with E-state index in [0.717, 1.165) is 11.3 Å². The van der Waals surface area contributed by atoms with Crippen molar-refractivity contribution in [3.05, 3.63) is 29.8 Å². The first-order valence-electron chi connectivity index (χ1n) is 4.14. The highest BCUT2D eigenvalue weighted by Crippen LogP contribution is 2.14. The van der Waals surface area contributed by atoms with Gasteiger partial charge in [-0.05, 0) is 17.7 Å². The Labute approximate surface area is 76.1 Å². The Morgan fingerprint density at radius 1 is 1.31 bits per heavy atom. The van der Waals surface area contributed by atoms with Gasteiger partial charge >= 0.3 is 0 Å². The molecule has 1 atom stereocenters. The summed E-state index contributed by atoms with van der Waals surface area (Å²) in [6.45, 7) is 0.384. The Kier molecular flexibility index (Phi) is 1.90. The molecule has 0 aromatic heterocycles. The third kappa shape index (κ3) is 1.62. The summed E-state index contributed by atoms with van der Waals surface area (Å²) >= 11 is 0. The van der Waals surface area contributed by atoms with E-state index in [9.17, 15) is 4.79 Å². The van der Waals surface area contributed by atoms with Crippen LogP contribution in [0.15, 0.2) is 24.3 Å². The monoisotopic (exact) mass is 177 g/mol. The largest absolute Gasteiger partial charge is 0.399 e. The van der Waals surface area contributed by atoms with Crippen LogP contribution in [0.5, 0.6) is 0 Å². The number of hydrogen-bond donors (Lipinski definition) is 3. The molecule has 1 saturated heterocycles. The van der Waals surface area contributed by atoms with Crippen molar-refractivity contribution in [2.75, 3.05) is 12.3 Å². The molecule has 0 spiro atoms. The highest BCUT2D eigenvalue weighted by atomic mass is 16.2. The van der Waals surface area contributed by atoms with Crippen LogP contribution in [0.1, 0.15) is 11.7 Å². The van der Waals surface area contributed by atoms with Crippen molar-refractivity contribution in [2.24, 2.45) is 0 Å². The van der Waals surface area contributed by atoms with Gasteiger partial charge in [0.05, 0.1) is 6.54 Å². The van der Waals surface area contributed by atoms with Crippen LogP contribution in [-0.4, -0.2) is 12.5 Å². The fourth-order valence-corrected chi connectivity index (χ4v) is 1.35. The Balaban J connectivity index is 2.17. The van der Waals surface area contributed by atoms with Crippen LogP contribution in [0.25, 0.3) is 0 Å². The number of rotatable bonds is 1. The summed E-state index contributed by atoms with van der Waals surface area (Å²) in [6, 6.07) is 7.44. The van der Waals surface area contributed by atoms with Gasteiger partial charge in [-0.15, -0.1) is 0 Å². The second kappa shape index (κ2) is 3.06. The minimum Gasteiger partial charge on any atom is -0.399 e. The molecule has 0 aliphatic carbocycles. The van der Waals surface area contributed by atoms with E-state index in [1.54, 1.807) is 0 Å². The summed E-state index contributed by atoms with van der Waals surface area (Å²) in [5.74, 6) is 0.0295. The molecule has 1 aromatic carbocycles. The maximum Gasteiger partial charge on any atom is 0.235 e. The molecule has 4 nitrogen and oxygen atoms in total. The van der Waals surface area contributed by atoms with Crippen LogP contribution < -0.4 is 16.4 Å². The fraction of sp³-hybridized carbons (Fsp3) is 0.222. The highest BCUT2D eigenvalue weighted by molar-refractivity contribution is 5.80. The molecule has 1 fully saturated rings. The smallest absolute Gasteiger partial charge is 0.235 e. The average Bonchev–Trinajstić information content (AvgIpc) is 2.53. The van der Waals surface area contributed by atoms with E-state index >= 15 is 0 Å². The number of nitrogen functional groups attached to an aromatic ring is 1. The van der Waals surface area contributed by atoms with Gasteiger partial charge in [-0.1, -0.05) is 12.1 Å². The summed E-state index contributed by atoms with van der Waals surface area (Å²) in [6.07, 6.45) is -0.0619. The minimum atomic E-state index is -0.0619. The molecule has 4 N–H and O–H groups in total. The lowest BCUT2D eigenvalue weighted by Gasteiger charge is -2.10. The van der Waals surface area contributed by atoms with E-state index < -0.39 is 0 Å². The number of hydrogen-bond acceptors (Lipinski definition) is 3. The van der Waals surface area contributed by atoms with Crippen molar-refractivity contribution in [1.82, 2.24) is 10.6 Å². The van der Waals surface area contributed by atoms with Crippen molar-refractivity contribution in [1.29, 1.82) is 0 Å². The summed E-state index contributed by atoms with van der Waals surface area (Å²) in [7, 11) is 0. The third-order valence-electron chi connectivity index (χ3n) is 2.04. The van der Waals surface area contributed by atoms with Gasteiger partial charge < -0.3 is 11.1 Å². The third-order valence-corrected chi connectivity index (χ3v) is 2.04. The van der Waals surface area contributed by atoms with Gasteiger partial charge in [0, 0.05) is 5.69 Å².